The summed E-state index contributed by atoms with van der Waals surface area (Å²) in [7, 11) is 0. The van der Waals surface area contributed by atoms with E-state index in [-0.39, 0.29) is 5.91 Å². The lowest BCUT2D eigenvalue weighted by atomic mass is 10.1. The van der Waals surface area contributed by atoms with Gasteiger partial charge in [0.25, 0.3) is 5.91 Å². The van der Waals surface area contributed by atoms with Crippen molar-refractivity contribution in [3.05, 3.63) is 94.9 Å². The van der Waals surface area contributed by atoms with Crippen molar-refractivity contribution in [3.8, 4) is 11.3 Å². The highest BCUT2D eigenvalue weighted by molar-refractivity contribution is 6.34. The van der Waals surface area contributed by atoms with Crippen LogP contribution in [0.15, 0.2) is 73.1 Å². The molecule has 0 bridgehead atoms. The topological polar surface area (TPSA) is 75.4 Å². The highest BCUT2D eigenvalue weighted by Gasteiger charge is 2.15. The molecule has 7 nitrogen and oxygen atoms in total. The van der Waals surface area contributed by atoms with Crippen LogP contribution in [0.2, 0.25) is 5.02 Å². The molecule has 6 rings (SSSR count). The molecule has 2 aromatic carbocycles. The Morgan fingerprint density at radius 1 is 1.00 bits per heavy atom. The van der Waals surface area contributed by atoms with Gasteiger partial charge < -0.3 is 10.2 Å². The Hall–Kier alpha value is -3.81. The highest BCUT2D eigenvalue weighted by atomic mass is 35.5. The predicted octanol–water partition coefficient (Wildman–Crippen LogP) is 5.01. The third-order valence-corrected chi connectivity index (χ3v) is 7.22. The molecule has 0 atom stereocenters. The second kappa shape index (κ2) is 10.3. The number of nitrogens with zero attached hydrogens (tertiary/aromatic N) is 5. The van der Waals surface area contributed by atoms with Crippen molar-refractivity contribution in [1.29, 1.82) is 0 Å². The van der Waals surface area contributed by atoms with Crippen LogP contribution in [-0.4, -0.2) is 56.6 Å². The van der Waals surface area contributed by atoms with Crippen LogP contribution in [0.3, 0.4) is 0 Å². The number of halogens is 1. The molecular weight excluding hydrogens is 484 g/mol. The molecule has 0 radical (unpaired) electrons. The fourth-order valence-corrected chi connectivity index (χ4v) is 5.19. The van der Waals surface area contributed by atoms with E-state index < -0.39 is 0 Å². The van der Waals surface area contributed by atoms with Crippen LogP contribution in [0, 0.1) is 0 Å². The molecule has 1 fully saturated rings. The molecule has 0 spiro atoms. The van der Waals surface area contributed by atoms with E-state index in [1.54, 1.807) is 18.3 Å². The number of pyridine rings is 1. The minimum Gasteiger partial charge on any atom is -0.351 e. The van der Waals surface area contributed by atoms with Crippen LogP contribution in [0.5, 0.6) is 0 Å². The molecule has 5 aromatic rings. The fraction of sp³-hybridized carbons (Fsp3) is 0.241. The first-order chi connectivity index (χ1) is 18.1. The maximum Gasteiger partial charge on any atom is 0.252 e. The lowest BCUT2D eigenvalue weighted by Gasteiger charge is -2.15. The van der Waals surface area contributed by atoms with E-state index in [1.807, 2.05) is 41.0 Å². The van der Waals surface area contributed by atoms with Crippen LogP contribution in [0.4, 0.5) is 0 Å². The number of aromatic nitrogens is 4. The van der Waals surface area contributed by atoms with Crippen molar-refractivity contribution in [2.24, 2.45) is 0 Å². The summed E-state index contributed by atoms with van der Waals surface area (Å²) in [4.78, 5) is 24.0. The van der Waals surface area contributed by atoms with Gasteiger partial charge in [-0.2, -0.15) is 5.10 Å². The first kappa shape index (κ1) is 23.6. The number of hydrogen-bond donors (Lipinski definition) is 1. The summed E-state index contributed by atoms with van der Waals surface area (Å²) in [6.07, 6.45) is 6.84. The molecular formula is C29H27ClN6O. The van der Waals surface area contributed by atoms with Gasteiger partial charge in [-0.25, -0.2) is 9.50 Å². The molecule has 1 amide bonds. The van der Waals surface area contributed by atoms with Crippen LogP contribution >= 0.6 is 11.6 Å². The van der Waals surface area contributed by atoms with E-state index in [1.165, 1.54) is 12.8 Å². The second-order valence-electron chi connectivity index (χ2n) is 9.44. The van der Waals surface area contributed by atoms with E-state index in [2.05, 4.69) is 38.4 Å². The number of hydrogen-bond acceptors (Lipinski definition) is 5. The maximum absolute atomic E-state index is 12.7. The van der Waals surface area contributed by atoms with Crippen LogP contribution in [0.1, 0.15) is 34.5 Å². The standard InChI is InChI=1S/C29H27ClN6O/c30-25-18-22(6-7-24(25)29(37)32-12-15-35-13-1-2-14-35)27-9-10-28-33-19-23(36(28)34-27)17-20-5-8-26-21(16-20)4-3-11-31-26/h3-11,16,18-19H,1-2,12-15,17H2,(H,32,37). The lowest BCUT2D eigenvalue weighted by molar-refractivity contribution is 0.0950. The molecule has 0 unspecified atom stereocenters. The van der Waals surface area contributed by atoms with Gasteiger partial charge in [0.1, 0.15) is 0 Å². The summed E-state index contributed by atoms with van der Waals surface area (Å²) in [5.74, 6) is -0.151. The summed E-state index contributed by atoms with van der Waals surface area (Å²) < 4.78 is 1.87. The Labute approximate surface area is 220 Å². The van der Waals surface area contributed by atoms with Crippen molar-refractivity contribution < 1.29 is 4.79 Å². The summed E-state index contributed by atoms with van der Waals surface area (Å²) in [5, 5.41) is 9.36. The third-order valence-electron chi connectivity index (χ3n) is 6.91. The Morgan fingerprint density at radius 2 is 1.89 bits per heavy atom. The smallest absolute Gasteiger partial charge is 0.252 e. The average Bonchev–Trinajstić information content (AvgIpc) is 3.58. The normalized spacial score (nSPS) is 14.0. The number of imidazole rings is 1. The number of carbonyl (C=O) groups excluding carboxylic acids is 1. The van der Waals surface area contributed by atoms with Gasteiger partial charge in [-0.05, 0) is 74.0 Å². The van der Waals surface area contributed by atoms with Gasteiger partial charge in [0.15, 0.2) is 5.65 Å². The summed E-state index contributed by atoms with van der Waals surface area (Å²) in [6, 6.07) is 19.6. The van der Waals surface area contributed by atoms with Crippen LogP contribution < -0.4 is 5.32 Å². The number of benzene rings is 2. The largest absolute Gasteiger partial charge is 0.351 e. The number of likely N-dealkylation sites (tertiary alicyclic amines) is 1. The van der Waals surface area contributed by atoms with Crippen molar-refractivity contribution in [2.75, 3.05) is 26.2 Å². The van der Waals surface area contributed by atoms with Crippen molar-refractivity contribution in [2.45, 2.75) is 19.3 Å². The summed E-state index contributed by atoms with van der Waals surface area (Å²) in [5.41, 5.74) is 5.99. The summed E-state index contributed by atoms with van der Waals surface area (Å²) in [6.45, 7) is 3.71. The van der Waals surface area contributed by atoms with E-state index in [0.717, 1.165) is 58.7 Å². The van der Waals surface area contributed by atoms with E-state index in [0.29, 0.717) is 23.6 Å². The minimum atomic E-state index is -0.151. The van der Waals surface area contributed by atoms with Gasteiger partial charge in [0.05, 0.1) is 33.7 Å². The number of nitrogens with one attached hydrogen (secondary N) is 1. The maximum atomic E-state index is 12.7. The van der Waals surface area contributed by atoms with E-state index >= 15 is 0 Å². The molecule has 37 heavy (non-hydrogen) atoms. The van der Waals surface area contributed by atoms with E-state index in [9.17, 15) is 4.79 Å². The number of rotatable bonds is 7. The van der Waals surface area contributed by atoms with Gasteiger partial charge in [-0.15, -0.1) is 0 Å². The lowest BCUT2D eigenvalue weighted by Crippen LogP contribution is -2.33. The van der Waals surface area contributed by atoms with Gasteiger partial charge in [-0.1, -0.05) is 29.8 Å². The summed E-state index contributed by atoms with van der Waals surface area (Å²) >= 11 is 6.54. The van der Waals surface area contributed by atoms with Crippen molar-refractivity contribution in [3.63, 3.8) is 0 Å². The molecule has 1 N–H and O–H groups in total. The Balaban J connectivity index is 1.20. The molecule has 0 saturated carbocycles. The Kier molecular flexibility index (Phi) is 6.55. The Bertz CT molecular complexity index is 1590. The quantitative estimate of drug-likeness (QED) is 0.333. The van der Waals surface area contributed by atoms with Gasteiger partial charge in [0.2, 0.25) is 0 Å². The molecule has 0 aliphatic carbocycles. The van der Waals surface area contributed by atoms with Gasteiger partial charge in [-0.3, -0.25) is 9.78 Å². The molecule has 4 heterocycles. The van der Waals surface area contributed by atoms with Crippen molar-refractivity contribution >= 4 is 34.1 Å². The van der Waals surface area contributed by atoms with Gasteiger partial charge >= 0.3 is 0 Å². The molecule has 186 valence electrons. The second-order valence-corrected chi connectivity index (χ2v) is 9.85. The number of fused-ring (bicyclic) bond motifs is 2. The van der Waals surface area contributed by atoms with Crippen molar-refractivity contribution in [1.82, 2.24) is 29.8 Å². The molecule has 1 saturated heterocycles. The third kappa shape index (κ3) is 5.05. The molecule has 3 aromatic heterocycles. The SMILES string of the molecule is O=C(NCCN1CCCC1)c1ccc(-c2ccc3ncc(Cc4ccc5ncccc5c4)n3n2)cc1Cl. The predicted molar refractivity (Wildman–Crippen MR) is 146 cm³/mol. The molecule has 8 heteroatoms. The van der Waals surface area contributed by atoms with E-state index in [4.69, 9.17) is 16.7 Å². The fourth-order valence-electron chi connectivity index (χ4n) is 4.93. The number of carbonyl (C=O) groups is 1. The molecule has 1 aliphatic heterocycles. The number of amides is 1. The average molecular weight is 511 g/mol. The molecule has 1 aliphatic rings. The first-order valence-electron chi connectivity index (χ1n) is 12.6. The first-order valence-corrected chi connectivity index (χ1v) is 13.0. The van der Waals surface area contributed by atoms with Crippen LogP contribution in [0.25, 0.3) is 27.8 Å². The van der Waals surface area contributed by atoms with Crippen LogP contribution in [-0.2, 0) is 6.42 Å². The van der Waals surface area contributed by atoms with Gasteiger partial charge in [0, 0.05) is 36.7 Å². The zero-order valence-corrected chi connectivity index (χ0v) is 21.2. The minimum absolute atomic E-state index is 0.151. The zero-order valence-electron chi connectivity index (χ0n) is 20.4. The monoisotopic (exact) mass is 510 g/mol. The zero-order chi connectivity index (χ0) is 25.2. The Morgan fingerprint density at radius 3 is 2.76 bits per heavy atom. The highest BCUT2D eigenvalue weighted by Crippen LogP contribution is 2.25.